The third-order valence-electron chi connectivity index (χ3n) is 15.7. The standard InChI is InChI=1S/C58H56N12O17S5/c1-22(72)38-50(77)67-39(23(2)82-7)53-63-33(21-91-53)49(76)68-42-44-45(87-36-12-58(4,80)46(69(5)6)24(3)86-36)57(79)84-14-25-9-8-10-34-37(25)28(15-83-44)43(70(34)81)56(78)85-16-29(60-47(74)31-20-92-55(42)64-31)52-61-30(18-90-52)40-27(51-62-32(19-89-51)48(75)66-38)11-35(73)41(65-40)54-59-26(13-71)17-88-54/h8-11,13,17-22,24,29,36,38,42,44-46,72-73,80-81H,12,14-16H2,1-7H3,(H,60,74)(H,66,75)(H,67,77)(H,68,76)/b39-23+/t22-,24+,29+,36+,38+,42+,44+,45+,46-,58+/m1/s1. The van der Waals surface area contributed by atoms with E-state index in [9.17, 15) is 44.5 Å². The molecule has 0 spiro atoms. The van der Waals surface area contributed by atoms with Gasteiger partial charge in [-0.05, 0) is 59.5 Å². The molecule has 0 aliphatic carbocycles. The van der Waals surface area contributed by atoms with Crippen molar-refractivity contribution in [1.29, 1.82) is 0 Å². The molecule has 12 rings (SSSR count). The molecule has 4 aliphatic rings. The van der Waals surface area contributed by atoms with Crippen LogP contribution in [0.1, 0.15) is 125 Å². The van der Waals surface area contributed by atoms with E-state index in [0.29, 0.717) is 16.6 Å². The number of thiazole rings is 5. The summed E-state index contributed by atoms with van der Waals surface area (Å²) in [5.41, 5.74) is -2.03. The lowest BCUT2D eigenvalue weighted by Gasteiger charge is -2.48. The summed E-state index contributed by atoms with van der Waals surface area (Å²) in [6.45, 7) is 4.37. The summed E-state index contributed by atoms with van der Waals surface area (Å²) < 4.78 is 38.2. The highest BCUT2D eigenvalue weighted by Crippen LogP contribution is 2.43. The van der Waals surface area contributed by atoms with Crippen LogP contribution in [0.2, 0.25) is 0 Å². The fourth-order valence-electron chi connectivity index (χ4n) is 11.4. The zero-order valence-electron chi connectivity index (χ0n) is 49.5. The molecule has 0 unspecified atom stereocenters. The number of ether oxygens (including phenoxy) is 6. The Balaban J connectivity index is 1.05. The molecule has 0 radical (unpaired) electrons. The predicted molar refractivity (Wildman–Crippen MR) is 330 cm³/mol. The second-order valence-electron chi connectivity index (χ2n) is 22.2. The van der Waals surface area contributed by atoms with Crippen molar-refractivity contribution < 1.29 is 82.5 Å². The van der Waals surface area contributed by atoms with Crippen molar-refractivity contribution in [3.05, 3.63) is 112 Å². The highest BCUT2D eigenvalue weighted by Gasteiger charge is 2.50. The number of hydrogen-bond acceptors (Lipinski definition) is 29. The smallest absolute Gasteiger partial charge is 0.358 e. The number of aliphatic hydroxyl groups excluding tert-OH is 1. The molecule has 1 aromatic carbocycles. The lowest BCUT2D eigenvalue weighted by molar-refractivity contribution is -0.280. The van der Waals surface area contributed by atoms with Crippen LogP contribution in [0.25, 0.3) is 49.3 Å². The Kier molecular flexibility index (Phi) is 17.6. The summed E-state index contributed by atoms with van der Waals surface area (Å²) in [7, 11) is 4.86. The number of rotatable bonds is 7. The Labute approximate surface area is 541 Å². The predicted octanol–water partition coefficient (Wildman–Crippen LogP) is 4.98. The zero-order valence-corrected chi connectivity index (χ0v) is 53.6. The van der Waals surface area contributed by atoms with Crippen molar-refractivity contribution in [3.63, 3.8) is 0 Å². The van der Waals surface area contributed by atoms with E-state index in [0.717, 1.165) is 56.7 Å². The molecule has 10 atom stereocenters. The molecule has 4 amide bonds. The first-order valence-electron chi connectivity index (χ1n) is 28.1. The van der Waals surface area contributed by atoms with Crippen LogP contribution in [0.5, 0.6) is 5.75 Å². The van der Waals surface area contributed by atoms with Crippen LogP contribution in [0, 0.1) is 0 Å². The van der Waals surface area contributed by atoms with Gasteiger partial charge in [-0.25, -0.2) is 39.5 Å². The number of esters is 2. The van der Waals surface area contributed by atoms with Crippen LogP contribution >= 0.6 is 56.7 Å². The topological polar surface area (TPSA) is 389 Å². The lowest BCUT2D eigenvalue weighted by Crippen LogP contribution is -2.62. The summed E-state index contributed by atoms with van der Waals surface area (Å²) in [5.74, 6) is -6.13. The van der Waals surface area contributed by atoms with Gasteiger partial charge in [-0.1, -0.05) is 12.1 Å². The number of benzene rings is 1. The highest BCUT2D eigenvalue weighted by molar-refractivity contribution is 7.14. The number of fused-ring (bicyclic) bond motifs is 15. The molecular weight excluding hydrogens is 1300 g/mol. The number of nitrogens with zero attached hydrogens (tertiary/aromatic N) is 8. The molecule has 92 heavy (non-hydrogen) atoms. The maximum atomic E-state index is 15.1. The fourth-order valence-corrected chi connectivity index (χ4v) is 15.6. The maximum absolute atomic E-state index is 15.1. The number of methoxy groups -OCH3 is 1. The minimum atomic E-state index is -1.90. The van der Waals surface area contributed by atoms with Gasteiger partial charge in [-0.2, -0.15) is 4.73 Å². The number of amides is 4. The number of aromatic nitrogens is 7. The van der Waals surface area contributed by atoms with E-state index in [4.69, 9.17) is 43.4 Å². The Hall–Kier alpha value is -8.55. The SMILES string of the molecule is CO/C(C)=C1/NC(=O)[C@H]([C@@H](C)O)NC(=O)c2csc(n2)-c2cc(O)c(-c3nc(C=O)cs3)nc2-c2csc(n2)[C@@H]2COC(=O)c3c4c5c(cccc5n3O)COC(=O)[C@@H](O[C@H]3C[C@](C)(O)[C@H](N(C)C)[C@H](C)O3)[C@@H](OC4)[C@H](NC(=O)c3csc1n3)c1nc(cs1)C(=O)N2. The number of cyclic esters (lactones) is 2. The molecule has 4 aliphatic heterocycles. The number of carbonyl (C=O) groups is 7. The van der Waals surface area contributed by atoms with Crippen molar-refractivity contribution in [3.8, 4) is 38.4 Å². The first-order chi connectivity index (χ1) is 44.0. The number of likely N-dealkylation sites (N-methyl/N-ethyl adjacent to an activating group) is 1. The molecule has 29 nitrogen and oxygen atoms in total. The average molecular weight is 1350 g/mol. The van der Waals surface area contributed by atoms with Gasteiger partial charge in [-0.15, -0.1) is 56.7 Å². The Morgan fingerprint density at radius 3 is 2.23 bits per heavy atom. The first-order valence-corrected chi connectivity index (χ1v) is 32.5. The normalized spacial score (nSPS) is 24.9. The van der Waals surface area contributed by atoms with Gasteiger partial charge in [0.25, 0.3) is 17.7 Å². The first kappa shape index (κ1) is 63.6. The van der Waals surface area contributed by atoms with E-state index >= 15 is 9.59 Å². The quantitative estimate of drug-likeness (QED) is 0.0451. The number of aliphatic hydroxyl groups is 2. The number of aromatic hydroxyl groups is 1. The molecule has 1 saturated heterocycles. The van der Waals surface area contributed by atoms with Gasteiger partial charge in [0.15, 0.2) is 24.4 Å². The van der Waals surface area contributed by atoms with Crippen molar-refractivity contribution in [1.82, 2.24) is 60.8 Å². The molecule has 34 heteroatoms. The van der Waals surface area contributed by atoms with Gasteiger partial charge in [0.2, 0.25) is 5.91 Å². The number of hydrogen-bond donors (Lipinski definition) is 8. The lowest BCUT2D eigenvalue weighted by atomic mass is 9.85. The van der Waals surface area contributed by atoms with E-state index in [2.05, 4.69) is 36.2 Å². The summed E-state index contributed by atoms with van der Waals surface area (Å²) in [4.78, 5) is 130. The van der Waals surface area contributed by atoms with Crippen molar-refractivity contribution in [2.75, 3.05) is 27.8 Å². The number of allylic oxidation sites excluding steroid dienone is 1. The number of pyridine rings is 1. The van der Waals surface area contributed by atoms with Crippen LogP contribution in [0.4, 0.5) is 0 Å². The molecule has 8 N–H and O–H groups in total. The third kappa shape index (κ3) is 12.1. The van der Waals surface area contributed by atoms with Gasteiger partial charge in [0.05, 0.1) is 43.1 Å². The van der Waals surface area contributed by atoms with Gasteiger partial charge >= 0.3 is 11.9 Å². The Morgan fingerprint density at radius 2 is 1.51 bits per heavy atom. The summed E-state index contributed by atoms with van der Waals surface area (Å²) >= 11 is 4.72. The van der Waals surface area contributed by atoms with E-state index < -0.39 is 127 Å². The summed E-state index contributed by atoms with van der Waals surface area (Å²) in [6.07, 6.45) is -6.90. The molecule has 11 heterocycles. The highest BCUT2D eigenvalue weighted by atomic mass is 32.1. The minimum absolute atomic E-state index is 0.000461. The molecule has 0 saturated carbocycles. The van der Waals surface area contributed by atoms with Gasteiger partial charge in [0.1, 0.15) is 120 Å². The van der Waals surface area contributed by atoms with Gasteiger partial charge < -0.3 is 75.1 Å². The van der Waals surface area contributed by atoms with Crippen LogP contribution in [0.3, 0.4) is 0 Å². The van der Waals surface area contributed by atoms with Crippen LogP contribution in [-0.2, 0) is 51.2 Å². The number of aldehydes is 1. The van der Waals surface area contributed by atoms with Gasteiger partial charge in [-0.3, -0.25) is 24.0 Å². The Morgan fingerprint density at radius 1 is 0.837 bits per heavy atom. The number of carbonyl (C=O) groups excluding carboxylic acids is 7. The molecule has 480 valence electrons. The van der Waals surface area contributed by atoms with E-state index in [-0.39, 0.29) is 105 Å². The molecule has 7 aromatic heterocycles. The Bertz CT molecular complexity index is 4300. The van der Waals surface area contributed by atoms with Crippen LogP contribution in [0.15, 0.2) is 56.9 Å². The van der Waals surface area contributed by atoms with Crippen molar-refractivity contribution in [2.45, 2.75) is 108 Å². The summed E-state index contributed by atoms with van der Waals surface area (Å²) in [6, 6.07) is 0.868. The largest absolute Gasteiger partial charge is 0.506 e. The average Bonchev–Trinajstić information content (AvgIpc) is 1.56. The van der Waals surface area contributed by atoms with Crippen molar-refractivity contribution >= 4 is 115 Å². The number of nitrogens with one attached hydrogen (secondary N) is 4. The fraction of sp³-hybridized carbons (Fsp3) is 0.362. The second kappa shape index (κ2) is 25.5. The van der Waals surface area contributed by atoms with E-state index in [1.807, 2.05) is 0 Å². The third-order valence-corrected chi connectivity index (χ3v) is 20.2. The molecule has 1 fully saturated rings. The monoisotopic (exact) mass is 1350 g/mol. The second-order valence-corrected chi connectivity index (χ2v) is 26.5. The zero-order chi connectivity index (χ0) is 65.2. The minimum Gasteiger partial charge on any atom is -0.506 e. The van der Waals surface area contributed by atoms with E-state index in [1.54, 1.807) is 50.4 Å². The maximum Gasteiger partial charge on any atom is 0.358 e. The summed E-state index contributed by atoms with van der Waals surface area (Å²) in [5, 5.41) is 65.4. The molecule has 12 bridgehead atoms. The molecular formula is C58H56N12O17S5. The van der Waals surface area contributed by atoms with Crippen LogP contribution < -0.4 is 21.3 Å². The van der Waals surface area contributed by atoms with E-state index in [1.165, 1.54) is 54.6 Å². The van der Waals surface area contributed by atoms with Crippen molar-refractivity contribution in [2.24, 2.45) is 0 Å². The van der Waals surface area contributed by atoms with Gasteiger partial charge in [0, 0.05) is 49.8 Å². The molecule has 8 aromatic rings. The van der Waals surface area contributed by atoms with Crippen LogP contribution in [-0.4, -0.2) is 178 Å².